The molecule has 0 heterocycles. The van der Waals surface area contributed by atoms with E-state index in [1.807, 2.05) is 42.5 Å². The molecule has 0 unspecified atom stereocenters. The highest BCUT2D eigenvalue weighted by atomic mass is 16.4. The molecule has 4 heteroatoms. The standard InChI is InChI=1S/C33H30BNO2/c1-5-27(23-12-8-7-9-13-23)32(6-2)35(25-18-16-24(17-19-25)34(36)37)26-20-21-29-28-14-10-11-15-30(28)33(3,4)31(29)22-26/h5-22,36-37H,1-2H2,3-4H3/b32-27-. The summed E-state index contributed by atoms with van der Waals surface area (Å²) in [6, 6.07) is 32.6. The van der Waals surface area contributed by atoms with Gasteiger partial charge in [-0.05, 0) is 63.6 Å². The first-order valence-electron chi connectivity index (χ1n) is 12.4. The molecule has 0 radical (unpaired) electrons. The van der Waals surface area contributed by atoms with Crippen LogP contribution in [0.3, 0.4) is 0 Å². The van der Waals surface area contributed by atoms with Crippen molar-refractivity contribution in [3.05, 3.63) is 145 Å². The summed E-state index contributed by atoms with van der Waals surface area (Å²) >= 11 is 0. The first-order valence-corrected chi connectivity index (χ1v) is 12.4. The van der Waals surface area contributed by atoms with E-state index in [0.29, 0.717) is 5.46 Å². The molecule has 0 spiro atoms. The van der Waals surface area contributed by atoms with Crippen molar-refractivity contribution in [3.8, 4) is 11.1 Å². The Hall–Kier alpha value is -4.12. The minimum atomic E-state index is -1.52. The molecule has 0 saturated heterocycles. The average Bonchev–Trinajstić information content (AvgIpc) is 3.15. The maximum atomic E-state index is 9.65. The van der Waals surface area contributed by atoms with Crippen molar-refractivity contribution in [1.29, 1.82) is 0 Å². The lowest BCUT2D eigenvalue weighted by atomic mass is 9.80. The normalized spacial score (nSPS) is 13.7. The van der Waals surface area contributed by atoms with Gasteiger partial charge in [0.2, 0.25) is 0 Å². The maximum absolute atomic E-state index is 9.65. The summed E-state index contributed by atoms with van der Waals surface area (Å²) in [4.78, 5) is 2.16. The van der Waals surface area contributed by atoms with Crippen molar-refractivity contribution in [2.24, 2.45) is 0 Å². The molecule has 0 bridgehead atoms. The van der Waals surface area contributed by atoms with Gasteiger partial charge in [0.25, 0.3) is 0 Å². The average molecular weight is 483 g/mol. The van der Waals surface area contributed by atoms with E-state index >= 15 is 0 Å². The van der Waals surface area contributed by atoms with Crippen LogP contribution < -0.4 is 10.4 Å². The lowest BCUT2D eigenvalue weighted by Crippen LogP contribution is -2.29. The quantitative estimate of drug-likeness (QED) is 0.230. The van der Waals surface area contributed by atoms with Crippen LogP contribution >= 0.6 is 0 Å². The number of hydrogen-bond acceptors (Lipinski definition) is 3. The minimum absolute atomic E-state index is 0.142. The third kappa shape index (κ3) is 4.25. The van der Waals surface area contributed by atoms with Gasteiger partial charge in [0.05, 0.1) is 5.70 Å². The summed E-state index contributed by atoms with van der Waals surface area (Å²) < 4.78 is 0. The first-order chi connectivity index (χ1) is 17.9. The Kier molecular flexibility index (Phi) is 6.47. The van der Waals surface area contributed by atoms with Crippen LogP contribution in [0.25, 0.3) is 16.7 Å². The van der Waals surface area contributed by atoms with Gasteiger partial charge in [0, 0.05) is 22.4 Å². The van der Waals surface area contributed by atoms with Gasteiger partial charge < -0.3 is 14.9 Å². The number of fused-ring (bicyclic) bond motifs is 3. The Morgan fingerprint density at radius 1 is 0.730 bits per heavy atom. The maximum Gasteiger partial charge on any atom is 0.488 e. The molecular formula is C33H30BNO2. The van der Waals surface area contributed by atoms with Gasteiger partial charge in [-0.1, -0.05) is 106 Å². The van der Waals surface area contributed by atoms with Crippen LogP contribution in [0.4, 0.5) is 11.4 Å². The zero-order valence-electron chi connectivity index (χ0n) is 21.2. The van der Waals surface area contributed by atoms with Crippen molar-refractivity contribution in [2.45, 2.75) is 19.3 Å². The molecule has 0 aromatic heterocycles. The molecule has 2 N–H and O–H groups in total. The lowest BCUT2D eigenvalue weighted by molar-refractivity contribution is 0.426. The summed E-state index contributed by atoms with van der Waals surface area (Å²) in [7, 11) is -1.52. The Bertz CT molecular complexity index is 1500. The summed E-state index contributed by atoms with van der Waals surface area (Å²) in [5.74, 6) is 0. The van der Waals surface area contributed by atoms with Crippen molar-refractivity contribution < 1.29 is 10.0 Å². The fourth-order valence-corrected chi connectivity index (χ4v) is 5.36. The Morgan fingerprint density at radius 3 is 2.00 bits per heavy atom. The Labute approximate surface area is 219 Å². The van der Waals surface area contributed by atoms with E-state index in [-0.39, 0.29) is 5.41 Å². The first kappa shape index (κ1) is 24.6. The Morgan fingerprint density at radius 2 is 1.35 bits per heavy atom. The predicted octanol–water partition coefficient (Wildman–Crippen LogP) is 6.59. The summed E-state index contributed by atoms with van der Waals surface area (Å²) in [6.07, 6.45) is 3.71. The highest BCUT2D eigenvalue weighted by Crippen LogP contribution is 2.50. The summed E-state index contributed by atoms with van der Waals surface area (Å²) in [5.41, 5.74) is 10.1. The van der Waals surface area contributed by atoms with E-state index in [2.05, 4.69) is 86.5 Å². The molecule has 0 fully saturated rings. The number of benzene rings is 4. The van der Waals surface area contributed by atoms with Gasteiger partial charge in [-0.2, -0.15) is 0 Å². The monoisotopic (exact) mass is 483 g/mol. The van der Waals surface area contributed by atoms with Crippen molar-refractivity contribution in [1.82, 2.24) is 0 Å². The van der Waals surface area contributed by atoms with Crippen molar-refractivity contribution in [2.75, 3.05) is 4.90 Å². The molecule has 182 valence electrons. The molecule has 0 amide bonds. The van der Waals surface area contributed by atoms with Crippen molar-refractivity contribution >= 4 is 29.5 Å². The predicted molar refractivity (Wildman–Crippen MR) is 156 cm³/mol. The molecule has 0 saturated carbocycles. The zero-order valence-corrected chi connectivity index (χ0v) is 21.2. The topological polar surface area (TPSA) is 43.7 Å². The molecule has 1 aliphatic carbocycles. The Balaban J connectivity index is 1.74. The van der Waals surface area contributed by atoms with Gasteiger partial charge in [-0.15, -0.1) is 0 Å². The van der Waals surface area contributed by atoms with E-state index in [9.17, 15) is 10.0 Å². The number of hydrogen-bond donors (Lipinski definition) is 2. The van der Waals surface area contributed by atoms with Gasteiger partial charge in [0.1, 0.15) is 0 Å². The molecule has 0 aliphatic heterocycles. The summed E-state index contributed by atoms with van der Waals surface area (Å²) in [6.45, 7) is 12.8. The van der Waals surface area contributed by atoms with E-state index in [4.69, 9.17) is 0 Å². The lowest BCUT2D eigenvalue weighted by Gasteiger charge is -2.30. The molecular weight excluding hydrogens is 453 g/mol. The fourth-order valence-electron chi connectivity index (χ4n) is 5.36. The minimum Gasteiger partial charge on any atom is -0.423 e. The highest BCUT2D eigenvalue weighted by Gasteiger charge is 2.35. The molecule has 5 rings (SSSR count). The van der Waals surface area contributed by atoms with Gasteiger partial charge in [-0.25, -0.2) is 0 Å². The van der Waals surface area contributed by atoms with Gasteiger partial charge >= 0.3 is 7.12 Å². The van der Waals surface area contributed by atoms with E-state index in [1.54, 1.807) is 12.1 Å². The second-order valence-corrected chi connectivity index (χ2v) is 9.77. The molecule has 37 heavy (non-hydrogen) atoms. The second kappa shape index (κ2) is 9.74. The van der Waals surface area contributed by atoms with Crippen LogP contribution in [-0.4, -0.2) is 17.2 Å². The van der Waals surface area contributed by atoms with E-state index in [1.165, 1.54) is 22.3 Å². The van der Waals surface area contributed by atoms with Crippen LogP contribution in [0, 0.1) is 0 Å². The molecule has 0 atom stereocenters. The molecule has 3 nitrogen and oxygen atoms in total. The number of anilines is 2. The third-order valence-corrected chi connectivity index (χ3v) is 7.27. The van der Waals surface area contributed by atoms with Crippen LogP contribution in [0.5, 0.6) is 0 Å². The van der Waals surface area contributed by atoms with E-state index < -0.39 is 7.12 Å². The largest absolute Gasteiger partial charge is 0.488 e. The van der Waals surface area contributed by atoms with Crippen LogP contribution in [0.2, 0.25) is 0 Å². The van der Waals surface area contributed by atoms with Crippen LogP contribution in [0.1, 0.15) is 30.5 Å². The highest BCUT2D eigenvalue weighted by molar-refractivity contribution is 6.58. The van der Waals surface area contributed by atoms with Crippen molar-refractivity contribution in [3.63, 3.8) is 0 Å². The van der Waals surface area contributed by atoms with E-state index in [0.717, 1.165) is 28.2 Å². The number of rotatable bonds is 7. The number of nitrogens with zero attached hydrogens (tertiary/aromatic N) is 1. The SMILES string of the molecule is C=C/C(=C(\C=C)N(c1ccc(B(O)O)cc1)c1ccc2c(c1)C(C)(C)c1ccccc1-2)c1ccccc1. The molecule has 1 aliphatic rings. The molecule has 4 aromatic rings. The van der Waals surface area contributed by atoms with Gasteiger partial charge in [0.15, 0.2) is 0 Å². The summed E-state index contributed by atoms with van der Waals surface area (Å²) in [5, 5.41) is 19.3. The molecule has 4 aromatic carbocycles. The van der Waals surface area contributed by atoms with Gasteiger partial charge in [-0.3, -0.25) is 0 Å². The van der Waals surface area contributed by atoms with Crippen LogP contribution in [0.15, 0.2) is 128 Å². The number of allylic oxidation sites excluding steroid dienone is 3. The third-order valence-electron chi connectivity index (χ3n) is 7.27. The smallest absolute Gasteiger partial charge is 0.423 e. The zero-order chi connectivity index (χ0) is 26.2. The fraction of sp³-hybridized carbons (Fsp3) is 0.0909. The van der Waals surface area contributed by atoms with Crippen LogP contribution in [-0.2, 0) is 5.41 Å². The second-order valence-electron chi connectivity index (χ2n) is 9.77.